The van der Waals surface area contributed by atoms with Crippen LogP contribution < -0.4 is 5.32 Å². The molecule has 1 N–H and O–H groups in total. The number of thioether (sulfide) groups is 1. The topological polar surface area (TPSA) is 49.4 Å². The van der Waals surface area contributed by atoms with Crippen molar-refractivity contribution in [2.24, 2.45) is 0 Å². The summed E-state index contributed by atoms with van der Waals surface area (Å²) in [4.78, 5) is 28.6. The Kier molecular flexibility index (Phi) is 8.66. The van der Waals surface area contributed by atoms with Crippen molar-refractivity contribution >= 4 is 51.1 Å². The molecule has 1 fully saturated rings. The Morgan fingerprint density at radius 3 is 2.40 bits per heavy atom. The van der Waals surface area contributed by atoms with E-state index in [4.69, 9.17) is 11.6 Å². The normalized spacial score (nSPS) is 15.0. The molecule has 7 heteroatoms. The minimum atomic E-state index is -0.535. The third kappa shape index (κ3) is 6.76. The summed E-state index contributed by atoms with van der Waals surface area (Å²) in [6.45, 7) is 2.21. The molecule has 0 radical (unpaired) electrons. The van der Waals surface area contributed by atoms with Crippen LogP contribution in [0.3, 0.4) is 0 Å². The predicted octanol–water partition coefficient (Wildman–Crippen LogP) is 5.67. The molecule has 160 valence electrons. The summed E-state index contributed by atoms with van der Waals surface area (Å²) in [7, 11) is 0. The van der Waals surface area contributed by atoms with Gasteiger partial charge in [-0.25, -0.2) is 0 Å². The predicted molar refractivity (Wildman–Crippen MR) is 127 cm³/mol. The van der Waals surface area contributed by atoms with Crippen LogP contribution in [0.1, 0.15) is 38.2 Å². The van der Waals surface area contributed by atoms with Gasteiger partial charge in [0.15, 0.2) is 0 Å². The van der Waals surface area contributed by atoms with Crippen molar-refractivity contribution < 1.29 is 9.59 Å². The van der Waals surface area contributed by atoms with E-state index in [9.17, 15) is 9.59 Å². The lowest BCUT2D eigenvalue weighted by Crippen LogP contribution is -2.50. The van der Waals surface area contributed by atoms with E-state index in [-0.39, 0.29) is 23.6 Å². The molecule has 2 amide bonds. The van der Waals surface area contributed by atoms with Crippen molar-refractivity contribution in [2.75, 3.05) is 5.75 Å². The highest BCUT2D eigenvalue weighted by molar-refractivity contribution is 9.10. The zero-order valence-electron chi connectivity index (χ0n) is 16.9. The SMILES string of the molecule is C[C@H](C(=O)NC1CCCC1)N(Cc1ccc(Br)cc1)C(=O)CSc1ccc(Cl)cc1. The van der Waals surface area contributed by atoms with Crippen molar-refractivity contribution in [2.45, 2.75) is 56.1 Å². The molecule has 30 heavy (non-hydrogen) atoms. The van der Waals surface area contributed by atoms with Crippen LogP contribution in [0.2, 0.25) is 5.02 Å². The molecule has 0 unspecified atom stereocenters. The molecular formula is C23H26BrClN2O2S. The molecule has 0 aliphatic heterocycles. The number of nitrogens with zero attached hydrogens (tertiary/aromatic N) is 1. The Bertz CT molecular complexity index is 855. The van der Waals surface area contributed by atoms with Crippen LogP contribution >= 0.6 is 39.3 Å². The summed E-state index contributed by atoms with van der Waals surface area (Å²) in [5, 5.41) is 3.79. The van der Waals surface area contributed by atoms with Gasteiger partial charge in [-0.2, -0.15) is 0 Å². The van der Waals surface area contributed by atoms with Gasteiger partial charge in [0.05, 0.1) is 5.75 Å². The van der Waals surface area contributed by atoms with Gasteiger partial charge in [0.25, 0.3) is 0 Å². The highest BCUT2D eigenvalue weighted by Crippen LogP contribution is 2.23. The molecule has 4 nitrogen and oxygen atoms in total. The molecule has 0 aromatic heterocycles. The van der Waals surface area contributed by atoms with Gasteiger partial charge in [0.1, 0.15) is 6.04 Å². The molecule has 2 aromatic rings. The fourth-order valence-electron chi connectivity index (χ4n) is 3.52. The second-order valence-corrected chi connectivity index (χ2v) is 9.96. The summed E-state index contributed by atoms with van der Waals surface area (Å²) in [5.74, 6) is 0.120. The Labute approximate surface area is 195 Å². The molecule has 1 aliphatic carbocycles. The van der Waals surface area contributed by atoms with Crippen LogP contribution in [0.25, 0.3) is 0 Å². The molecule has 2 aromatic carbocycles. The van der Waals surface area contributed by atoms with E-state index >= 15 is 0 Å². The van der Waals surface area contributed by atoms with Crippen molar-refractivity contribution in [1.82, 2.24) is 10.2 Å². The maximum atomic E-state index is 13.1. The van der Waals surface area contributed by atoms with E-state index < -0.39 is 6.04 Å². The second kappa shape index (κ2) is 11.2. The van der Waals surface area contributed by atoms with Crippen LogP contribution in [0, 0.1) is 0 Å². The molecule has 1 aliphatic rings. The van der Waals surface area contributed by atoms with Crippen LogP contribution in [0.15, 0.2) is 57.9 Å². The number of nitrogens with one attached hydrogen (secondary N) is 1. The molecule has 1 atom stereocenters. The maximum absolute atomic E-state index is 13.1. The van der Waals surface area contributed by atoms with Gasteiger partial charge in [-0.15, -0.1) is 11.8 Å². The number of amides is 2. The van der Waals surface area contributed by atoms with Gasteiger partial charge in [0.2, 0.25) is 11.8 Å². The van der Waals surface area contributed by atoms with Gasteiger partial charge in [-0.3, -0.25) is 9.59 Å². The molecule has 0 spiro atoms. The fraction of sp³-hybridized carbons (Fsp3) is 0.391. The number of halogens is 2. The van der Waals surface area contributed by atoms with E-state index in [2.05, 4.69) is 21.2 Å². The maximum Gasteiger partial charge on any atom is 0.242 e. The molecule has 0 saturated heterocycles. The van der Waals surface area contributed by atoms with Crippen LogP contribution in [-0.2, 0) is 16.1 Å². The van der Waals surface area contributed by atoms with Crippen molar-refractivity contribution in [3.63, 3.8) is 0 Å². The Morgan fingerprint density at radius 2 is 1.77 bits per heavy atom. The van der Waals surface area contributed by atoms with Gasteiger partial charge in [-0.1, -0.05) is 52.5 Å². The molecule has 1 saturated carbocycles. The second-order valence-electron chi connectivity index (χ2n) is 7.56. The number of hydrogen-bond donors (Lipinski definition) is 1. The van der Waals surface area contributed by atoms with Crippen LogP contribution in [0.5, 0.6) is 0 Å². The average Bonchev–Trinajstić information content (AvgIpc) is 3.25. The minimum Gasteiger partial charge on any atom is -0.352 e. The summed E-state index contributed by atoms with van der Waals surface area (Å²) in [5.41, 5.74) is 0.989. The number of rotatable bonds is 8. The number of benzene rings is 2. The highest BCUT2D eigenvalue weighted by atomic mass is 79.9. The Morgan fingerprint density at radius 1 is 1.13 bits per heavy atom. The zero-order valence-corrected chi connectivity index (χ0v) is 20.1. The number of carbonyl (C=O) groups is 2. The molecule has 3 rings (SSSR count). The first-order valence-corrected chi connectivity index (χ1v) is 12.3. The van der Waals surface area contributed by atoms with E-state index in [0.717, 1.165) is 40.6 Å². The molecule has 0 heterocycles. The standard InChI is InChI=1S/C23H26BrClN2O2S/c1-16(23(29)26-20-4-2-3-5-20)27(14-17-6-8-18(24)9-7-17)22(28)15-30-21-12-10-19(25)11-13-21/h6-13,16,20H,2-5,14-15H2,1H3,(H,26,29)/t16-/m1/s1. The van der Waals surface area contributed by atoms with Crippen molar-refractivity contribution in [3.8, 4) is 0 Å². The largest absolute Gasteiger partial charge is 0.352 e. The summed E-state index contributed by atoms with van der Waals surface area (Å²) < 4.78 is 0.981. The summed E-state index contributed by atoms with van der Waals surface area (Å²) in [6.07, 6.45) is 4.34. The van der Waals surface area contributed by atoms with Gasteiger partial charge in [-0.05, 0) is 61.7 Å². The summed E-state index contributed by atoms with van der Waals surface area (Å²) >= 11 is 10.8. The van der Waals surface area contributed by atoms with Gasteiger partial charge in [0, 0.05) is 27.0 Å². The van der Waals surface area contributed by atoms with Crippen molar-refractivity contribution in [1.29, 1.82) is 0 Å². The van der Waals surface area contributed by atoms with E-state index in [1.807, 2.05) is 55.5 Å². The van der Waals surface area contributed by atoms with E-state index in [1.54, 1.807) is 4.90 Å². The number of hydrogen-bond acceptors (Lipinski definition) is 3. The fourth-order valence-corrected chi connectivity index (χ4v) is 4.69. The Balaban J connectivity index is 1.69. The lowest BCUT2D eigenvalue weighted by Gasteiger charge is -2.29. The first-order chi connectivity index (χ1) is 14.4. The molecule has 0 bridgehead atoms. The van der Waals surface area contributed by atoms with Crippen LogP contribution in [-0.4, -0.2) is 34.6 Å². The number of carbonyl (C=O) groups excluding carboxylic acids is 2. The third-order valence-electron chi connectivity index (χ3n) is 5.31. The van der Waals surface area contributed by atoms with E-state index in [1.165, 1.54) is 11.8 Å². The quantitative estimate of drug-likeness (QED) is 0.466. The lowest BCUT2D eigenvalue weighted by atomic mass is 10.1. The lowest BCUT2D eigenvalue weighted by molar-refractivity contribution is -0.138. The van der Waals surface area contributed by atoms with Crippen molar-refractivity contribution in [3.05, 3.63) is 63.6 Å². The smallest absolute Gasteiger partial charge is 0.242 e. The van der Waals surface area contributed by atoms with E-state index in [0.29, 0.717) is 11.6 Å². The monoisotopic (exact) mass is 508 g/mol. The highest BCUT2D eigenvalue weighted by Gasteiger charge is 2.28. The first kappa shape index (κ1) is 23.2. The Hall–Kier alpha value is -1.50. The van der Waals surface area contributed by atoms with Gasteiger partial charge < -0.3 is 10.2 Å². The van der Waals surface area contributed by atoms with Gasteiger partial charge >= 0.3 is 0 Å². The zero-order chi connectivity index (χ0) is 21.5. The minimum absolute atomic E-state index is 0.0630. The third-order valence-corrected chi connectivity index (χ3v) is 7.09. The first-order valence-electron chi connectivity index (χ1n) is 10.1. The average molecular weight is 510 g/mol. The molecular weight excluding hydrogens is 484 g/mol. The summed E-state index contributed by atoms with van der Waals surface area (Å²) in [6, 6.07) is 15.0. The van der Waals surface area contributed by atoms with Crippen LogP contribution in [0.4, 0.5) is 0 Å².